The van der Waals surface area contributed by atoms with Crippen LogP contribution in [0.25, 0.3) is 0 Å². The molecule has 4 rings (SSSR count). The Morgan fingerprint density at radius 3 is 2.61 bits per heavy atom. The van der Waals surface area contributed by atoms with E-state index >= 15 is 0 Å². The number of piperidine rings is 1. The maximum absolute atomic E-state index is 14.2. The van der Waals surface area contributed by atoms with Crippen molar-refractivity contribution >= 4 is 21.6 Å². The number of hydrogen-bond donors (Lipinski definition) is 1. The molecule has 2 fully saturated rings. The van der Waals surface area contributed by atoms with Crippen molar-refractivity contribution in [2.24, 2.45) is 0 Å². The van der Waals surface area contributed by atoms with Crippen molar-refractivity contribution in [2.45, 2.75) is 55.7 Å². The second-order valence-electron chi connectivity index (χ2n) is 8.25. The van der Waals surface area contributed by atoms with Crippen molar-refractivity contribution in [1.82, 2.24) is 14.7 Å². The zero-order valence-electron chi connectivity index (χ0n) is 17.5. The lowest BCUT2D eigenvalue weighted by Crippen LogP contribution is -2.41. The fourth-order valence-electron chi connectivity index (χ4n) is 3.75. The molecule has 1 saturated heterocycles. The lowest BCUT2D eigenvalue weighted by atomic mass is 9.96. The summed E-state index contributed by atoms with van der Waals surface area (Å²) >= 11 is 0. The van der Waals surface area contributed by atoms with E-state index in [4.69, 9.17) is 4.74 Å². The highest BCUT2D eigenvalue weighted by Crippen LogP contribution is 2.26. The molecular formula is C21H27FN4O4S. The zero-order valence-corrected chi connectivity index (χ0v) is 18.3. The van der Waals surface area contributed by atoms with Crippen LogP contribution in [0.3, 0.4) is 0 Å². The number of carbonyl (C=O) groups excluding carboxylic acids is 1. The van der Waals surface area contributed by atoms with Gasteiger partial charge in [-0.15, -0.1) is 0 Å². The van der Waals surface area contributed by atoms with E-state index < -0.39 is 15.7 Å². The van der Waals surface area contributed by atoms with E-state index in [1.54, 1.807) is 11.1 Å². The van der Waals surface area contributed by atoms with E-state index in [9.17, 15) is 17.6 Å². The van der Waals surface area contributed by atoms with Gasteiger partial charge in [0.15, 0.2) is 9.84 Å². The van der Waals surface area contributed by atoms with Crippen molar-refractivity contribution in [3.8, 4) is 0 Å². The number of carbonyl (C=O) groups is 1. The quantitative estimate of drug-likeness (QED) is 0.725. The molecule has 1 saturated carbocycles. The molecule has 1 aromatic heterocycles. The maximum atomic E-state index is 14.2. The summed E-state index contributed by atoms with van der Waals surface area (Å²) < 4.78 is 44.6. The van der Waals surface area contributed by atoms with Gasteiger partial charge in [-0.2, -0.15) is 5.10 Å². The first-order chi connectivity index (χ1) is 14.8. The Morgan fingerprint density at radius 2 is 2.00 bits per heavy atom. The highest BCUT2D eigenvalue weighted by Gasteiger charge is 2.28. The van der Waals surface area contributed by atoms with Gasteiger partial charge < -0.3 is 15.0 Å². The molecule has 1 amide bonds. The Labute approximate surface area is 181 Å². The number of halogens is 1. The highest BCUT2D eigenvalue weighted by atomic mass is 32.2. The number of ether oxygens (including phenoxy) is 1. The molecule has 168 valence electrons. The Hall–Kier alpha value is -2.62. The van der Waals surface area contributed by atoms with Crippen LogP contribution in [0, 0.1) is 5.82 Å². The molecule has 2 heterocycles. The third kappa shape index (κ3) is 5.17. The fraction of sp³-hybridized carbons (Fsp3) is 0.524. The van der Waals surface area contributed by atoms with Crippen LogP contribution in [0.1, 0.15) is 43.7 Å². The van der Waals surface area contributed by atoms with Crippen molar-refractivity contribution in [3.63, 3.8) is 0 Å². The van der Waals surface area contributed by atoms with Crippen LogP contribution in [-0.2, 0) is 21.1 Å². The fourth-order valence-corrected chi connectivity index (χ4v) is 4.39. The number of hydrogen-bond acceptors (Lipinski definition) is 6. The average molecular weight is 451 g/mol. The number of amides is 1. The predicted octanol–water partition coefficient (Wildman–Crippen LogP) is 3.36. The summed E-state index contributed by atoms with van der Waals surface area (Å²) in [6.07, 6.45) is 9.26. The second-order valence-corrected chi connectivity index (χ2v) is 10.3. The van der Waals surface area contributed by atoms with Crippen LogP contribution in [0.15, 0.2) is 35.5 Å². The zero-order chi connectivity index (χ0) is 22.0. The summed E-state index contributed by atoms with van der Waals surface area (Å²) in [6.45, 7) is 1.64. The smallest absolute Gasteiger partial charge is 0.410 e. The van der Waals surface area contributed by atoms with Crippen molar-refractivity contribution in [1.29, 1.82) is 0 Å². The molecule has 1 aliphatic heterocycles. The Balaban J connectivity index is 1.28. The van der Waals surface area contributed by atoms with E-state index in [-0.39, 0.29) is 28.8 Å². The van der Waals surface area contributed by atoms with Gasteiger partial charge in [-0.1, -0.05) is 0 Å². The summed E-state index contributed by atoms with van der Waals surface area (Å²) in [5.41, 5.74) is 1.12. The van der Waals surface area contributed by atoms with Gasteiger partial charge in [-0.05, 0) is 50.3 Å². The molecular weight excluding hydrogens is 423 g/mol. The minimum Gasteiger partial charge on any atom is -0.446 e. The summed E-state index contributed by atoms with van der Waals surface area (Å²) in [7, 11) is -3.45. The van der Waals surface area contributed by atoms with Gasteiger partial charge in [0.05, 0.1) is 22.8 Å². The minimum atomic E-state index is -3.45. The third-order valence-electron chi connectivity index (χ3n) is 5.92. The Morgan fingerprint density at radius 1 is 1.26 bits per heavy atom. The van der Waals surface area contributed by atoms with Gasteiger partial charge in [-0.3, -0.25) is 4.68 Å². The van der Waals surface area contributed by atoms with Gasteiger partial charge in [0.1, 0.15) is 11.9 Å². The largest absolute Gasteiger partial charge is 0.446 e. The van der Waals surface area contributed by atoms with E-state index in [1.165, 1.54) is 12.1 Å². The monoisotopic (exact) mass is 450 g/mol. The van der Waals surface area contributed by atoms with Crippen LogP contribution in [0.5, 0.6) is 0 Å². The highest BCUT2D eigenvalue weighted by molar-refractivity contribution is 7.90. The maximum Gasteiger partial charge on any atom is 0.410 e. The normalized spacial score (nSPS) is 17.9. The number of aromatic nitrogens is 2. The van der Waals surface area contributed by atoms with Crippen LogP contribution in [-0.4, -0.2) is 54.6 Å². The molecule has 0 radical (unpaired) electrons. The standard InChI is InChI=1S/C21H27FN4O4S/c1-31(28,29)18-5-6-20(19(22)11-18)23-12-15-13-24-26(14-15)16-7-9-25(10-8-16)21(27)30-17-3-2-4-17/h5-6,11,13-14,16-17,23H,2-4,7-10,12H2,1H3. The van der Waals surface area contributed by atoms with Crippen LogP contribution in [0.4, 0.5) is 14.9 Å². The van der Waals surface area contributed by atoms with Crippen LogP contribution in [0.2, 0.25) is 0 Å². The number of nitrogens with zero attached hydrogens (tertiary/aromatic N) is 3. The Kier molecular flexibility index (Phi) is 6.17. The molecule has 0 atom stereocenters. The second kappa shape index (κ2) is 8.86. The number of rotatable bonds is 6. The van der Waals surface area contributed by atoms with Crippen LogP contribution >= 0.6 is 0 Å². The molecule has 1 aromatic carbocycles. The molecule has 2 aliphatic rings. The summed E-state index contributed by atoms with van der Waals surface area (Å²) in [6, 6.07) is 4.03. The van der Waals surface area contributed by atoms with Crippen LogP contribution < -0.4 is 5.32 Å². The summed E-state index contributed by atoms with van der Waals surface area (Å²) in [5, 5.41) is 7.41. The first-order valence-electron chi connectivity index (χ1n) is 10.5. The summed E-state index contributed by atoms with van der Waals surface area (Å²) in [5.74, 6) is -0.614. The molecule has 0 spiro atoms. The summed E-state index contributed by atoms with van der Waals surface area (Å²) in [4.78, 5) is 13.9. The van der Waals surface area contributed by atoms with E-state index in [2.05, 4.69) is 10.4 Å². The number of likely N-dealkylation sites (tertiary alicyclic amines) is 1. The number of sulfone groups is 1. The number of nitrogens with one attached hydrogen (secondary N) is 1. The van der Waals surface area contributed by atoms with E-state index in [0.29, 0.717) is 19.6 Å². The van der Waals surface area contributed by atoms with Gasteiger partial charge in [0, 0.05) is 37.7 Å². The molecule has 1 aliphatic carbocycles. The van der Waals surface area contributed by atoms with Crippen molar-refractivity contribution in [3.05, 3.63) is 42.0 Å². The third-order valence-corrected chi connectivity index (χ3v) is 7.03. The molecule has 10 heteroatoms. The average Bonchev–Trinajstić information content (AvgIpc) is 3.18. The molecule has 0 unspecified atom stereocenters. The molecule has 31 heavy (non-hydrogen) atoms. The lowest BCUT2D eigenvalue weighted by Gasteiger charge is -2.34. The molecule has 8 nitrogen and oxygen atoms in total. The van der Waals surface area contributed by atoms with E-state index in [1.807, 2.05) is 10.9 Å². The van der Waals surface area contributed by atoms with Gasteiger partial charge in [0.25, 0.3) is 0 Å². The molecule has 0 bridgehead atoms. The van der Waals surface area contributed by atoms with Crippen molar-refractivity contribution < 1.29 is 22.3 Å². The Bertz CT molecular complexity index is 1040. The van der Waals surface area contributed by atoms with Crippen molar-refractivity contribution in [2.75, 3.05) is 24.7 Å². The number of anilines is 1. The lowest BCUT2D eigenvalue weighted by molar-refractivity contribution is 0.0206. The topological polar surface area (TPSA) is 93.5 Å². The first-order valence-corrected chi connectivity index (χ1v) is 12.4. The SMILES string of the molecule is CS(=O)(=O)c1ccc(NCc2cnn(C3CCN(C(=O)OC4CCC4)CC3)c2)c(F)c1. The minimum absolute atomic E-state index is 0.0497. The predicted molar refractivity (Wildman–Crippen MR) is 113 cm³/mol. The first kappa shape index (κ1) is 21.6. The van der Waals surface area contributed by atoms with Gasteiger partial charge in [0.2, 0.25) is 0 Å². The number of benzene rings is 1. The van der Waals surface area contributed by atoms with Gasteiger partial charge >= 0.3 is 6.09 Å². The van der Waals surface area contributed by atoms with Gasteiger partial charge in [-0.25, -0.2) is 17.6 Å². The van der Waals surface area contributed by atoms with E-state index in [0.717, 1.165) is 50.0 Å². The molecule has 1 N–H and O–H groups in total. The molecule has 2 aromatic rings.